The van der Waals surface area contributed by atoms with Crippen molar-refractivity contribution in [3.63, 3.8) is 0 Å². The minimum Gasteiger partial charge on any atom is -0.461 e. The lowest BCUT2D eigenvalue weighted by atomic mass is 9.80. The van der Waals surface area contributed by atoms with E-state index in [1.54, 1.807) is 11.8 Å². The molecule has 1 aliphatic heterocycles. The van der Waals surface area contributed by atoms with Gasteiger partial charge in [0.2, 0.25) is 0 Å². The number of benzene rings is 1. The zero-order valence-corrected chi connectivity index (χ0v) is 16.0. The van der Waals surface area contributed by atoms with Crippen LogP contribution in [0, 0.1) is 5.92 Å². The van der Waals surface area contributed by atoms with Crippen LogP contribution in [-0.4, -0.2) is 46.4 Å². The van der Waals surface area contributed by atoms with Crippen LogP contribution in [0.15, 0.2) is 30.3 Å². The minimum atomic E-state index is -1.17. The Hall–Kier alpha value is -2.08. The number of amides is 1. The normalized spacial score (nSPS) is 18.1. The summed E-state index contributed by atoms with van der Waals surface area (Å²) in [7, 11) is 0. The standard InChI is InChI=1S/C20H29NO5/c1-15(17(22)25-14-16-8-6-5-7-9-16)20(24)10-12-21(13-11-20)18(23)26-19(2,3)4/h5-9,15,24H,10-14H2,1-4H3/t15-/m1/s1. The first-order valence-corrected chi connectivity index (χ1v) is 9.02. The topological polar surface area (TPSA) is 76.1 Å². The number of esters is 1. The second-order valence-corrected chi connectivity index (χ2v) is 7.89. The number of likely N-dealkylation sites (tertiary alicyclic amines) is 1. The number of rotatable bonds is 4. The summed E-state index contributed by atoms with van der Waals surface area (Å²) in [4.78, 5) is 26.0. The van der Waals surface area contributed by atoms with Crippen LogP contribution < -0.4 is 0 Å². The molecule has 0 aromatic heterocycles. The van der Waals surface area contributed by atoms with Gasteiger partial charge in [0, 0.05) is 13.1 Å². The number of hydrogen-bond acceptors (Lipinski definition) is 5. The fourth-order valence-electron chi connectivity index (χ4n) is 2.91. The monoisotopic (exact) mass is 363 g/mol. The van der Waals surface area contributed by atoms with Crippen LogP contribution in [0.3, 0.4) is 0 Å². The van der Waals surface area contributed by atoms with Crippen LogP contribution in [0.4, 0.5) is 4.79 Å². The Balaban J connectivity index is 1.86. The van der Waals surface area contributed by atoms with Gasteiger partial charge in [0.15, 0.2) is 0 Å². The van der Waals surface area contributed by atoms with Crippen molar-refractivity contribution >= 4 is 12.1 Å². The molecule has 1 N–H and O–H groups in total. The van der Waals surface area contributed by atoms with Crippen LogP contribution >= 0.6 is 0 Å². The second kappa shape index (κ2) is 8.08. The van der Waals surface area contributed by atoms with Gasteiger partial charge in [-0.2, -0.15) is 0 Å². The number of nitrogens with zero attached hydrogens (tertiary/aromatic N) is 1. The summed E-state index contributed by atoms with van der Waals surface area (Å²) in [6.07, 6.45) is 0.237. The number of piperidine rings is 1. The average molecular weight is 363 g/mol. The van der Waals surface area contributed by atoms with Crippen molar-refractivity contribution in [2.45, 2.75) is 58.3 Å². The van der Waals surface area contributed by atoms with Gasteiger partial charge in [-0.1, -0.05) is 30.3 Å². The molecule has 0 unspecified atom stereocenters. The van der Waals surface area contributed by atoms with Gasteiger partial charge in [0.05, 0.1) is 11.5 Å². The smallest absolute Gasteiger partial charge is 0.410 e. The average Bonchev–Trinajstić information content (AvgIpc) is 2.59. The van der Waals surface area contributed by atoms with E-state index in [4.69, 9.17) is 9.47 Å². The lowest BCUT2D eigenvalue weighted by Crippen LogP contribution is -2.52. The highest BCUT2D eigenvalue weighted by Crippen LogP contribution is 2.31. The molecule has 0 aliphatic carbocycles. The van der Waals surface area contributed by atoms with Gasteiger partial charge < -0.3 is 19.5 Å². The highest BCUT2D eigenvalue weighted by Gasteiger charge is 2.43. The first-order chi connectivity index (χ1) is 12.1. The molecule has 1 atom stereocenters. The fourth-order valence-corrected chi connectivity index (χ4v) is 2.91. The summed E-state index contributed by atoms with van der Waals surface area (Å²) in [5, 5.41) is 10.9. The van der Waals surface area contributed by atoms with Crippen LogP contribution in [0.1, 0.15) is 46.1 Å². The van der Waals surface area contributed by atoms with E-state index in [1.165, 1.54) is 0 Å². The van der Waals surface area contributed by atoms with Crippen LogP contribution in [0.2, 0.25) is 0 Å². The molecule has 6 heteroatoms. The molecule has 1 aliphatic rings. The van der Waals surface area contributed by atoms with E-state index in [0.717, 1.165) is 5.56 Å². The maximum Gasteiger partial charge on any atom is 0.410 e. The highest BCUT2D eigenvalue weighted by atomic mass is 16.6. The molecule has 0 saturated carbocycles. The predicted octanol–water partition coefficient (Wildman–Crippen LogP) is 3.13. The van der Waals surface area contributed by atoms with Crippen molar-refractivity contribution in [3.05, 3.63) is 35.9 Å². The molecule has 6 nitrogen and oxygen atoms in total. The molecular weight excluding hydrogens is 334 g/mol. The predicted molar refractivity (Wildman–Crippen MR) is 97.4 cm³/mol. The molecule has 0 bridgehead atoms. The third-order valence-electron chi connectivity index (χ3n) is 4.66. The summed E-state index contributed by atoms with van der Waals surface area (Å²) in [5.74, 6) is -1.09. The van der Waals surface area contributed by atoms with Gasteiger partial charge in [0.1, 0.15) is 12.2 Å². The van der Waals surface area contributed by atoms with Gasteiger partial charge in [0.25, 0.3) is 0 Å². The summed E-state index contributed by atoms with van der Waals surface area (Å²) in [6, 6.07) is 9.42. The highest BCUT2D eigenvalue weighted by molar-refractivity contribution is 5.74. The van der Waals surface area contributed by atoms with E-state index >= 15 is 0 Å². The van der Waals surface area contributed by atoms with Crippen LogP contribution in [0.5, 0.6) is 0 Å². The number of carbonyl (C=O) groups is 2. The van der Waals surface area contributed by atoms with E-state index < -0.39 is 23.1 Å². The number of hydrogen-bond donors (Lipinski definition) is 1. The molecule has 1 aromatic carbocycles. The number of aliphatic hydroxyl groups is 1. The van der Waals surface area contributed by atoms with Crippen molar-refractivity contribution < 1.29 is 24.2 Å². The first kappa shape index (κ1) is 20.2. The second-order valence-electron chi connectivity index (χ2n) is 7.89. The molecule has 1 fully saturated rings. The van der Waals surface area contributed by atoms with Gasteiger partial charge in [-0.3, -0.25) is 4.79 Å². The molecule has 1 amide bonds. The van der Waals surface area contributed by atoms with Crippen LogP contribution in [-0.2, 0) is 20.9 Å². The van der Waals surface area contributed by atoms with Crippen molar-refractivity contribution in [3.8, 4) is 0 Å². The Kier molecular flexibility index (Phi) is 6.29. The maximum absolute atomic E-state index is 12.3. The summed E-state index contributed by atoms with van der Waals surface area (Å²) < 4.78 is 10.7. The molecule has 0 radical (unpaired) electrons. The minimum absolute atomic E-state index is 0.185. The molecule has 26 heavy (non-hydrogen) atoms. The SMILES string of the molecule is C[C@H](C(=O)OCc1ccccc1)C1(O)CCN(C(=O)OC(C)(C)C)CC1. The van der Waals surface area contributed by atoms with E-state index in [1.807, 2.05) is 51.1 Å². The van der Waals surface area contributed by atoms with E-state index in [2.05, 4.69) is 0 Å². The quantitative estimate of drug-likeness (QED) is 0.832. The van der Waals surface area contributed by atoms with Crippen LogP contribution in [0.25, 0.3) is 0 Å². The van der Waals surface area contributed by atoms with E-state index in [9.17, 15) is 14.7 Å². The number of ether oxygens (including phenoxy) is 2. The Morgan fingerprint density at radius 3 is 2.31 bits per heavy atom. The van der Waals surface area contributed by atoms with Crippen molar-refractivity contribution in [2.24, 2.45) is 5.92 Å². The Labute approximate surface area is 155 Å². The van der Waals surface area contributed by atoms with E-state index in [0.29, 0.717) is 25.9 Å². The largest absolute Gasteiger partial charge is 0.461 e. The summed E-state index contributed by atoms with van der Waals surface area (Å²) in [6.45, 7) is 8.01. The zero-order valence-electron chi connectivity index (χ0n) is 16.0. The van der Waals surface area contributed by atoms with E-state index in [-0.39, 0.29) is 12.7 Å². The summed E-state index contributed by atoms with van der Waals surface area (Å²) >= 11 is 0. The Morgan fingerprint density at radius 2 is 1.77 bits per heavy atom. The molecule has 1 heterocycles. The molecule has 1 saturated heterocycles. The van der Waals surface area contributed by atoms with Gasteiger partial charge >= 0.3 is 12.1 Å². The third kappa shape index (κ3) is 5.46. The first-order valence-electron chi connectivity index (χ1n) is 9.02. The molecular formula is C20H29NO5. The molecule has 0 spiro atoms. The van der Waals surface area contributed by atoms with Crippen molar-refractivity contribution in [1.29, 1.82) is 0 Å². The molecule has 2 rings (SSSR count). The lowest BCUT2D eigenvalue weighted by molar-refractivity contribution is -0.162. The van der Waals surface area contributed by atoms with Crippen molar-refractivity contribution in [2.75, 3.05) is 13.1 Å². The Morgan fingerprint density at radius 1 is 1.19 bits per heavy atom. The molecule has 144 valence electrons. The zero-order chi connectivity index (χ0) is 19.4. The molecule has 1 aromatic rings. The van der Waals surface area contributed by atoms with Gasteiger partial charge in [-0.15, -0.1) is 0 Å². The Bertz CT molecular complexity index is 615. The summed E-state index contributed by atoms with van der Waals surface area (Å²) in [5.41, 5.74) is -0.828. The lowest BCUT2D eigenvalue weighted by Gasteiger charge is -2.40. The fraction of sp³-hybridized carbons (Fsp3) is 0.600. The van der Waals surface area contributed by atoms with Gasteiger partial charge in [-0.25, -0.2) is 4.79 Å². The maximum atomic E-state index is 12.3. The van der Waals surface area contributed by atoms with Crippen molar-refractivity contribution in [1.82, 2.24) is 4.90 Å². The third-order valence-corrected chi connectivity index (χ3v) is 4.66. The van der Waals surface area contributed by atoms with Gasteiger partial charge in [-0.05, 0) is 46.1 Å². The number of carbonyl (C=O) groups excluding carboxylic acids is 2.